The Morgan fingerprint density at radius 1 is 1.50 bits per heavy atom. The molecule has 1 aromatic carbocycles. The van der Waals surface area contributed by atoms with Crippen molar-refractivity contribution in [3.05, 3.63) is 23.3 Å². The first kappa shape index (κ1) is 9.34. The van der Waals surface area contributed by atoms with Crippen molar-refractivity contribution in [2.24, 2.45) is 5.73 Å². The van der Waals surface area contributed by atoms with Crippen LogP contribution >= 0.6 is 0 Å². The lowest BCUT2D eigenvalue weighted by Gasteiger charge is -2.11. The normalized spacial score (nSPS) is 19.4. The topological polar surface area (TPSA) is 61.3 Å². The maximum absolute atomic E-state index is 5.95. The summed E-state index contributed by atoms with van der Waals surface area (Å²) >= 11 is 0. The number of anilines is 1. The number of fused-ring (bicyclic) bond motifs is 1. The van der Waals surface area contributed by atoms with E-state index in [4.69, 9.17) is 16.2 Å². The van der Waals surface area contributed by atoms with Gasteiger partial charge in [0.25, 0.3) is 0 Å². The van der Waals surface area contributed by atoms with Crippen LogP contribution in [-0.2, 0) is 6.42 Å². The van der Waals surface area contributed by atoms with Gasteiger partial charge in [-0.05, 0) is 37.0 Å². The van der Waals surface area contributed by atoms with Crippen LogP contribution in [0.1, 0.15) is 30.5 Å². The summed E-state index contributed by atoms with van der Waals surface area (Å²) < 4.78 is 5.43. The number of aryl methyl sites for hydroxylation is 1. The van der Waals surface area contributed by atoms with E-state index in [0.29, 0.717) is 6.61 Å². The molecule has 0 spiro atoms. The number of ether oxygens (including phenoxy) is 1. The molecule has 0 radical (unpaired) electrons. The fraction of sp³-hybridized carbons (Fsp3) is 0.455. The van der Waals surface area contributed by atoms with Gasteiger partial charge in [0.05, 0.1) is 6.61 Å². The first-order valence-corrected chi connectivity index (χ1v) is 5.03. The van der Waals surface area contributed by atoms with Crippen LogP contribution in [-0.4, -0.2) is 6.61 Å². The Morgan fingerprint density at radius 2 is 2.29 bits per heavy atom. The minimum absolute atomic E-state index is 0.112. The average molecular weight is 192 g/mol. The van der Waals surface area contributed by atoms with Gasteiger partial charge in [-0.15, -0.1) is 0 Å². The maximum atomic E-state index is 5.95. The molecule has 0 unspecified atom stereocenters. The Morgan fingerprint density at radius 3 is 3.00 bits per heavy atom. The van der Waals surface area contributed by atoms with E-state index >= 15 is 0 Å². The lowest BCUT2D eigenvalue weighted by Crippen LogP contribution is -2.08. The molecule has 3 nitrogen and oxygen atoms in total. The van der Waals surface area contributed by atoms with Crippen LogP contribution in [0.2, 0.25) is 0 Å². The van der Waals surface area contributed by atoms with Gasteiger partial charge in [-0.2, -0.15) is 0 Å². The molecule has 1 aromatic rings. The smallest absolute Gasteiger partial charge is 0.121 e. The third-order valence-corrected chi connectivity index (χ3v) is 2.68. The largest absolute Gasteiger partial charge is 0.494 e. The Hall–Kier alpha value is -1.22. The Kier molecular flexibility index (Phi) is 2.33. The molecular formula is C11H16N2O. The van der Waals surface area contributed by atoms with E-state index in [-0.39, 0.29) is 6.04 Å². The SMILES string of the molecule is CCOc1cc(N)c2c(c1)CC[C@H]2N. The van der Waals surface area contributed by atoms with Crippen LogP contribution in [0.4, 0.5) is 5.69 Å². The van der Waals surface area contributed by atoms with Crippen molar-refractivity contribution in [2.45, 2.75) is 25.8 Å². The highest BCUT2D eigenvalue weighted by atomic mass is 16.5. The molecule has 0 aromatic heterocycles. The molecule has 1 aliphatic rings. The second kappa shape index (κ2) is 3.50. The van der Waals surface area contributed by atoms with Crippen molar-refractivity contribution in [3.8, 4) is 5.75 Å². The number of nitrogens with two attached hydrogens (primary N) is 2. The zero-order valence-corrected chi connectivity index (χ0v) is 8.42. The van der Waals surface area contributed by atoms with E-state index in [0.717, 1.165) is 29.8 Å². The second-order valence-electron chi connectivity index (χ2n) is 3.66. The van der Waals surface area contributed by atoms with Gasteiger partial charge in [0.1, 0.15) is 5.75 Å². The predicted molar refractivity (Wildman–Crippen MR) is 57.3 cm³/mol. The van der Waals surface area contributed by atoms with Gasteiger partial charge in [0, 0.05) is 17.8 Å². The Balaban J connectivity index is 2.41. The quantitative estimate of drug-likeness (QED) is 0.700. The molecule has 0 saturated heterocycles. The molecule has 1 aliphatic carbocycles. The van der Waals surface area contributed by atoms with Crippen molar-refractivity contribution < 1.29 is 4.74 Å². The number of rotatable bonds is 2. The molecule has 0 fully saturated rings. The third-order valence-electron chi connectivity index (χ3n) is 2.68. The highest BCUT2D eigenvalue weighted by Gasteiger charge is 2.22. The van der Waals surface area contributed by atoms with Gasteiger partial charge in [0.2, 0.25) is 0 Å². The molecule has 3 heteroatoms. The van der Waals surface area contributed by atoms with Crippen molar-refractivity contribution in [1.82, 2.24) is 0 Å². The second-order valence-corrected chi connectivity index (χ2v) is 3.66. The number of hydrogen-bond acceptors (Lipinski definition) is 3. The molecule has 0 bridgehead atoms. The molecule has 76 valence electrons. The standard InChI is InChI=1S/C11H16N2O/c1-2-14-8-5-7-3-4-9(12)11(7)10(13)6-8/h5-6,9H,2-4,12-13H2,1H3/t9-/m1/s1. The zero-order valence-electron chi connectivity index (χ0n) is 8.42. The highest BCUT2D eigenvalue weighted by molar-refractivity contribution is 5.58. The summed E-state index contributed by atoms with van der Waals surface area (Å²) in [5.41, 5.74) is 15.0. The van der Waals surface area contributed by atoms with Crippen LogP contribution in [0.3, 0.4) is 0 Å². The first-order chi connectivity index (χ1) is 6.72. The van der Waals surface area contributed by atoms with E-state index in [1.807, 2.05) is 13.0 Å². The molecule has 0 amide bonds. The summed E-state index contributed by atoms with van der Waals surface area (Å²) in [5.74, 6) is 0.859. The minimum atomic E-state index is 0.112. The number of nitrogen functional groups attached to an aromatic ring is 1. The van der Waals surface area contributed by atoms with Crippen molar-refractivity contribution in [2.75, 3.05) is 12.3 Å². The van der Waals surface area contributed by atoms with Gasteiger partial charge in [0.15, 0.2) is 0 Å². The van der Waals surface area contributed by atoms with E-state index in [2.05, 4.69) is 6.07 Å². The molecule has 0 heterocycles. The summed E-state index contributed by atoms with van der Waals surface area (Å²) in [6.45, 7) is 2.64. The Labute approximate surface area is 84.0 Å². The molecule has 1 atom stereocenters. The summed E-state index contributed by atoms with van der Waals surface area (Å²) in [6, 6.07) is 4.04. The van der Waals surface area contributed by atoms with E-state index in [9.17, 15) is 0 Å². The van der Waals surface area contributed by atoms with Crippen LogP contribution in [0.25, 0.3) is 0 Å². The lowest BCUT2D eigenvalue weighted by atomic mass is 10.1. The molecule has 14 heavy (non-hydrogen) atoms. The molecule has 2 rings (SSSR count). The van der Waals surface area contributed by atoms with Gasteiger partial charge in [-0.1, -0.05) is 0 Å². The molecule has 0 saturated carbocycles. The van der Waals surface area contributed by atoms with Crippen LogP contribution in [0.5, 0.6) is 5.75 Å². The van der Waals surface area contributed by atoms with Crippen molar-refractivity contribution >= 4 is 5.69 Å². The fourth-order valence-corrected chi connectivity index (χ4v) is 2.07. The zero-order chi connectivity index (χ0) is 10.1. The van der Waals surface area contributed by atoms with E-state index < -0.39 is 0 Å². The van der Waals surface area contributed by atoms with E-state index in [1.165, 1.54) is 5.56 Å². The van der Waals surface area contributed by atoms with E-state index in [1.54, 1.807) is 0 Å². The average Bonchev–Trinajstić information content (AvgIpc) is 2.48. The number of benzene rings is 1. The Bertz CT molecular complexity index is 349. The van der Waals surface area contributed by atoms with Crippen LogP contribution in [0, 0.1) is 0 Å². The summed E-state index contributed by atoms with van der Waals surface area (Å²) in [6.07, 6.45) is 2.01. The van der Waals surface area contributed by atoms with Gasteiger partial charge >= 0.3 is 0 Å². The monoisotopic (exact) mass is 192 g/mol. The minimum Gasteiger partial charge on any atom is -0.494 e. The molecule has 4 N–H and O–H groups in total. The van der Waals surface area contributed by atoms with Crippen LogP contribution < -0.4 is 16.2 Å². The first-order valence-electron chi connectivity index (χ1n) is 5.03. The maximum Gasteiger partial charge on any atom is 0.121 e. The fourth-order valence-electron chi connectivity index (χ4n) is 2.07. The summed E-state index contributed by atoms with van der Waals surface area (Å²) in [5, 5.41) is 0. The molecule has 0 aliphatic heterocycles. The lowest BCUT2D eigenvalue weighted by molar-refractivity contribution is 0.340. The van der Waals surface area contributed by atoms with Crippen LogP contribution in [0.15, 0.2) is 12.1 Å². The third kappa shape index (κ3) is 1.44. The summed E-state index contributed by atoms with van der Waals surface area (Å²) in [4.78, 5) is 0. The predicted octanol–water partition coefficient (Wildman–Crippen LogP) is 1.61. The van der Waals surface area contributed by atoms with Crippen molar-refractivity contribution in [3.63, 3.8) is 0 Å². The van der Waals surface area contributed by atoms with Gasteiger partial charge in [-0.3, -0.25) is 0 Å². The van der Waals surface area contributed by atoms with Gasteiger partial charge in [-0.25, -0.2) is 0 Å². The number of hydrogen-bond donors (Lipinski definition) is 2. The molecular weight excluding hydrogens is 176 g/mol. The highest BCUT2D eigenvalue weighted by Crippen LogP contribution is 2.36. The summed E-state index contributed by atoms with van der Waals surface area (Å²) in [7, 11) is 0. The van der Waals surface area contributed by atoms with Gasteiger partial charge < -0.3 is 16.2 Å². The van der Waals surface area contributed by atoms with Crippen molar-refractivity contribution in [1.29, 1.82) is 0 Å².